The highest BCUT2D eigenvalue weighted by atomic mass is 32.2. The average Bonchev–Trinajstić information content (AvgIpc) is 2.72. The normalized spacial score (nSPS) is 28.8. The van der Waals surface area contributed by atoms with Crippen molar-refractivity contribution in [3.05, 3.63) is 35.9 Å². The van der Waals surface area contributed by atoms with E-state index < -0.39 is 0 Å². The predicted molar refractivity (Wildman–Crippen MR) is 61.6 cm³/mol. The Morgan fingerprint density at radius 1 is 1.33 bits per heavy atom. The van der Waals surface area contributed by atoms with Crippen LogP contribution in [0.15, 0.2) is 30.3 Å². The van der Waals surface area contributed by atoms with Crippen LogP contribution in [-0.4, -0.2) is 28.5 Å². The average molecular weight is 219 g/mol. The largest absolute Gasteiger partial charge is 0.329 e. The summed E-state index contributed by atoms with van der Waals surface area (Å²) in [5.41, 5.74) is 1.28. The molecule has 3 heteroatoms. The van der Waals surface area contributed by atoms with E-state index in [0.29, 0.717) is 11.3 Å². The van der Waals surface area contributed by atoms with E-state index in [4.69, 9.17) is 0 Å². The maximum atomic E-state index is 11.8. The number of carbonyl (C=O) groups excluding carboxylic acids is 1. The van der Waals surface area contributed by atoms with Crippen LogP contribution in [0.1, 0.15) is 5.56 Å². The first kappa shape index (κ1) is 9.28. The molecule has 2 heterocycles. The van der Waals surface area contributed by atoms with Crippen LogP contribution in [0, 0.1) is 5.92 Å². The van der Waals surface area contributed by atoms with Gasteiger partial charge in [0.25, 0.3) is 0 Å². The maximum absolute atomic E-state index is 11.8. The molecule has 2 aliphatic rings. The maximum Gasteiger partial charge on any atom is 0.229 e. The van der Waals surface area contributed by atoms with Crippen molar-refractivity contribution in [2.75, 3.05) is 12.3 Å². The molecule has 2 unspecified atom stereocenters. The van der Waals surface area contributed by atoms with E-state index in [1.165, 1.54) is 5.56 Å². The van der Waals surface area contributed by atoms with Gasteiger partial charge in [-0.1, -0.05) is 30.3 Å². The van der Waals surface area contributed by atoms with E-state index in [-0.39, 0.29) is 5.92 Å². The highest BCUT2D eigenvalue weighted by Crippen LogP contribution is 2.41. The van der Waals surface area contributed by atoms with Crippen molar-refractivity contribution in [2.45, 2.75) is 11.8 Å². The number of rotatable bonds is 2. The minimum atomic E-state index is 0.236. The highest BCUT2D eigenvalue weighted by molar-refractivity contribution is 8.00. The van der Waals surface area contributed by atoms with Crippen LogP contribution in [0.2, 0.25) is 0 Å². The number of hydrogen-bond acceptors (Lipinski definition) is 2. The lowest BCUT2D eigenvalue weighted by molar-refractivity contribution is -0.148. The molecule has 15 heavy (non-hydrogen) atoms. The second-order valence-electron chi connectivity index (χ2n) is 4.09. The van der Waals surface area contributed by atoms with Gasteiger partial charge in [-0.3, -0.25) is 4.79 Å². The van der Waals surface area contributed by atoms with Crippen LogP contribution in [-0.2, 0) is 11.2 Å². The monoisotopic (exact) mass is 219 g/mol. The molecule has 0 radical (unpaired) electrons. The first-order valence-electron chi connectivity index (χ1n) is 5.32. The van der Waals surface area contributed by atoms with Crippen LogP contribution < -0.4 is 0 Å². The van der Waals surface area contributed by atoms with Gasteiger partial charge in [0.05, 0.1) is 11.3 Å². The van der Waals surface area contributed by atoms with Crippen LogP contribution in [0.3, 0.4) is 0 Å². The van der Waals surface area contributed by atoms with Gasteiger partial charge < -0.3 is 4.90 Å². The summed E-state index contributed by atoms with van der Waals surface area (Å²) in [6.07, 6.45) is 0.911. The van der Waals surface area contributed by atoms with Gasteiger partial charge in [-0.2, -0.15) is 0 Å². The fourth-order valence-electron chi connectivity index (χ4n) is 2.37. The van der Waals surface area contributed by atoms with E-state index in [1.807, 2.05) is 34.9 Å². The molecule has 0 saturated carbocycles. The smallest absolute Gasteiger partial charge is 0.229 e. The molecule has 3 rings (SSSR count). The van der Waals surface area contributed by atoms with Gasteiger partial charge in [-0.25, -0.2) is 0 Å². The van der Waals surface area contributed by atoms with Crippen molar-refractivity contribution in [3.63, 3.8) is 0 Å². The summed E-state index contributed by atoms with van der Waals surface area (Å²) >= 11 is 1.93. The summed E-state index contributed by atoms with van der Waals surface area (Å²) in [6.45, 7) is 0.958. The number of benzene rings is 1. The molecule has 2 fully saturated rings. The second-order valence-corrected chi connectivity index (χ2v) is 5.31. The first-order valence-corrected chi connectivity index (χ1v) is 6.37. The number of fused-ring (bicyclic) bond motifs is 1. The minimum Gasteiger partial charge on any atom is -0.329 e. The van der Waals surface area contributed by atoms with Crippen molar-refractivity contribution < 1.29 is 4.79 Å². The summed E-state index contributed by atoms with van der Waals surface area (Å²) in [5.74, 6) is 1.70. The van der Waals surface area contributed by atoms with Gasteiger partial charge in [-0.15, -0.1) is 11.8 Å². The lowest BCUT2D eigenvalue weighted by Crippen LogP contribution is -2.57. The molecular formula is C12H13NOS. The van der Waals surface area contributed by atoms with Gasteiger partial charge in [-0.05, 0) is 12.0 Å². The van der Waals surface area contributed by atoms with Crippen molar-refractivity contribution in [2.24, 2.45) is 5.92 Å². The third kappa shape index (κ3) is 1.46. The Hall–Kier alpha value is -0.960. The zero-order valence-corrected chi connectivity index (χ0v) is 9.24. The summed E-state index contributed by atoms with van der Waals surface area (Å²) in [6, 6.07) is 10.3. The number of nitrogens with zero attached hydrogens (tertiary/aromatic N) is 1. The van der Waals surface area contributed by atoms with Gasteiger partial charge in [0.15, 0.2) is 0 Å². The van der Waals surface area contributed by atoms with E-state index in [9.17, 15) is 4.79 Å². The Labute approximate surface area is 93.7 Å². The van der Waals surface area contributed by atoms with Crippen molar-refractivity contribution in [1.82, 2.24) is 4.90 Å². The third-order valence-corrected chi connectivity index (χ3v) is 4.51. The molecule has 1 amide bonds. The summed E-state index contributed by atoms with van der Waals surface area (Å²) < 4.78 is 0. The number of carbonyl (C=O) groups is 1. The standard InChI is InChI=1S/C12H13NOS/c14-11-10(12-13(11)6-7-15-12)8-9-4-2-1-3-5-9/h1-5,10,12H,6-8H2. The molecule has 78 valence electrons. The molecule has 0 aliphatic carbocycles. The van der Waals surface area contributed by atoms with E-state index in [1.54, 1.807) is 0 Å². The molecule has 2 atom stereocenters. The number of hydrogen-bond donors (Lipinski definition) is 0. The molecule has 2 saturated heterocycles. The van der Waals surface area contributed by atoms with E-state index in [2.05, 4.69) is 12.1 Å². The highest BCUT2D eigenvalue weighted by Gasteiger charge is 2.49. The molecule has 0 N–H and O–H groups in total. The fraction of sp³-hybridized carbons (Fsp3) is 0.417. The Kier molecular flexibility index (Phi) is 2.20. The SMILES string of the molecule is O=C1C(Cc2ccccc2)C2SCCN12. The van der Waals surface area contributed by atoms with Crippen molar-refractivity contribution >= 4 is 17.7 Å². The molecular weight excluding hydrogens is 206 g/mol. The van der Waals surface area contributed by atoms with E-state index in [0.717, 1.165) is 18.7 Å². The Bertz CT molecular complexity index is 378. The molecule has 0 spiro atoms. The van der Waals surface area contributed by atoms with Crippen molar-refractivity contribution in [1.29, 1.82) is 0 Å². The molecule has 2 nitrogen and oxygen atoms in total. The van der Waals surface area contributed by atoms with Crippen LogP contribution in [0.25, 0.3) is 0 Å². The molecule has 0 bridgehead atoms. The van der Waals surface area contributed by atoms with Gasteiger partial charge in [0, 0.05) is 12.3 Å². The second kappa shape index (κ2) is 3.56. The van der Waals surface area contributed by atoms with Crippen LogP contribution >= 0.6 is 11.8 Å². The third-order valence-electron chi connectivity index (χ3n) is 3.17. The number of thioether (sulfide) groups is 1. The van der Waals surface area contributed by atoms with Gasteiger partial charge >= 0.3 is 0 Å². The Balaban J connectivity index is 1.72. The Morgan fingerprint density at radius 2 is 2.13 bits per heavy atom. The predicted octanol–water partition coefficient (Wildman–Crippen LogP) is 1.76. The zero-order valence-electron chi connectivity index (χ0n) is 8.43. The van der Waals surface area contributed by atoms with Crippen LogP contribution in [0.5, 0.6) is 0 Å². The van der Waals surface area contributed by atoms with E-state index >= 15 is 0 Å². The summed E-state index contributed by atoms with van der Waals surface area (Å²) in [4.78, 5) is 13.8. The molecule has 0 aromatic heterocycles. The van der Waals surface area contributed by atoms with Crippen LogP contribution in [0.4, 0.5) is 0 Å². The molecule has 2 aliphatic heterocycles. The summed E-state index contributed by atoms with van der Waals surface area (Å²) in [5, 5.41) is 0.470. The van der Waals surface area contributed by atoms with Gasteiger partial charge in [0.1, 0.15) is 0 Å². The zero-order chi connectivity index (χ0) is 10.3. The van der Waals surface area contributed by atoms with Gasteiger partial charge in [0.2, 0.25) is 5.91 Å². The lowest BCUT2D eigenvalue weighted by Gasteiger charge is -2.41. The quantitative estimate of drug-likeness (QED) is 0.706. The summed E-state index contributed by atoms with van der Waals surface area (Å²) in [7, 11) is 0. The Morgan fingerprint density at radius 3 is 2.93 bits per heavy atom. The van der Waals surface area contributed by atoms with Crippen molar-refractivity contribution in [3.8, 4) is 0 Å². The number of amides is 1. The first-order chi connectivity index (χ1) is 7.36. The molecule has 1 aromatic carbocycles. The molecule has 1 aromatic rings. The number of β-lactam (4-membered cyclic amide) rings is 1. The lowest BCUT2D eigenvalue weighted by atomic mass is 9.91. The fourth-order valence-corrected chi connectivity index (χ4v) is 3.74. The minimum absolute atomic E-state index is 0.236. The topological polar surface area (TPSA) is 20.3 Å².